The van der Waals surface area contributed by atoms with Gasteiger partial charge in [0.2, 0.25) is 0 Å². The summed E-state index contributed by atoms with van der Waals surface area (Å²) >= 11 is 6.66. The predicted molar refractivity (Wildman–Crippen MR) is 47.9 cm³/mol. The molecule has 0 saturated carbocycles. The fraction of sp³-hybridized carbons (Fsp3) is 0. The SMILES string of the molecule is O=[N+]([O-])c1ccc(O)c([AsH2])c1Cl. The number of phenols is 1. The van der Waals surface area contributed by atoms with Crippen molar-refractivity contribution in [2.24, 2.45) is 0 Å². The van der Waals surface area contributed by atoms with Gasteiger partial charge in [0.15, 0.2) is 0 Å². The molecule has 1 unspecified atom stereocenters. The van der Waals surface area contributed by atoms with E-state index in [1.165, 1.54) is 12.1 Å². The van der Waals surface area contributed by atoms with Gasteiger partial charge < -0.3 is 0 Å². The summed E-state index contributed by atoms with van der Waals surface area (Å²) in [4.78, 5) is 9.75. The Bertz CT molecular complexity index is 342. The average Bonchev–Trinajstić information content (AvgIpc) is 2.00. The molecule has 1 aromatic rings. The minimum absolute atomic E-state index is 0.00870. The first-order valence-corrected chi connectivity index (χ1v) is 4.54. The molecule has 12 heavy (non-hydrogen) atoms. The third kappa shape index (κ3) is 1.54. The van der Waals surface area contributed by atoms with Crippen LogP contribution in [-0.4, -0.2) is 26.9 Å². The van der Waals surface area contributed by atoms with Gasteiger partial charge in [-0.2, -0.15) is 0 Å². The molecule has 1 rings (SSSR count). The molecule has 0 aromatic heterocycles. The number of phenolic OH excluding ortho intramolecular Hbond substituents is 1. The number of nitro groups is 1. The van der Waals surface area contributed by atoms with Crippen LogP contribution >= 0.6 is 11.6 Å². The summed E-state index contributed by atoms with van der Waals surface area (Å²) < 4.78 is 0.387. The van der Waals surface area contributed by atoms with Gasteiger partial charge in [-0.15, -0.1) is 0 Å². The van der Waals surface area contributed by atoms with E-state index in [9.17, 15) is 10.1 Å². The molecule has 1 atom stereocenters. The number of nitro benzene ring substituents is 1. The maximum atomic E-state index is 10.3. The second kappa shape index (κ2) is 3.33. The van der Waals surface area contributed by atoms with Gasteiger partial charge in [0.1, 0.15) is 0 Å². The van der Waals surface area contributed by atoms with E-state index in [1.54, 1.807) is 0 Å². The van der Waals surface area contributed by atoms with Crippen LogP contribution in [0.1, 0.15) is 0 Å². The van der Waals surface area contributed by atoms with Crippen molar-refractivity contribution >= 4 is 38.5 Å². The zero-order valence-corrected chi connectivity index (χ0v) is 9.00. The molecule has 0 saturated heterocycles. The molecule has 0 aliphatic rings. The molecule has 1 aromatic carbocycles. The molecule has 0 radical (unpaired) electrons. The van der Waals surface area contributed by atoms with Crippen molar-refractivity contribution in [3.8, 4) is 5.75 Å². The van der Waals surface area contributed by atoms with Crippen molar-refractivity contribution < 1.29 is 10.0 Å². The van der Waals surface area contributed by atoms with Gasteiger partial charge in [-0.1, -0.05) is 0 Å². The summed E-state index contributed by atoms with van der Waals surface area (Å²) in [6.07, 6.45) is 0. The fourth-order valence-corrected chi connectivity index (χ4v) is 1.45. The number of nitrogens with zero attached hydrogens (tertiary/aromatic N) is 1. The Morgan fingerprint density at radius 3 is 2.67 bits per heavy atom. The minimum atomic E-state index is -0.579. The molecular formula is C6H5AsClNO3. The van der Waals surface area contributed by atoms with E-state index < -0.39 is 4.92 Å². The van der Waals surface area contributed by atoms with Gasteiger partial charge >= 0.3 is 81.5 Å². The van der Waals surface area contributed by atoms with Crippen molar-refractivity contribution in [1.29, 1.82) is 0 Å². The topological polar surface area (TPSA) is 63.4 Å². The van der Waals surface area contributed by atoms with Crippen LogP contribution in [0.4, 0.5) is 5.69 Å². The molecule has 0 heterocycles. The molecule has 6 heteroatoms. The standard InChI is InChI=1S/C6H5AsClNO3/c7-5-4(10)2-1-3(6(5)8)9(11)12/h1-2,10H,7H2. The van der Waals surface area contributed by atoms with Gasteiger partial charge in [0.05, 0.1) is 0 Å². The van der Waals surface area contributed by atoms with Crippen LogP contribution in [0.5, 0.6) is 5.75 Å². The Balaban J connectivity index is 3.36. The van der Waals surface area contributed by atoms with Gasteiger partial charge in [-0.3, -0.25) is 0 Å². The summed E-state index contributed by atoms with van der Waals surface area (Å²) in [5, 5.41) is 19.5. The molecule has 64 valence electrons. The zero-order chi connectivity index (χ0) is 9.30. The van der Waals surface area contributed by atoms with Crippen LogP contribution in [0.2, 0.25) is 5.02 Å². The zero-order valence-electron chi connectivity index (χ0n) is 5.82. The number of hydrogen-bond acceptors (Lipinski definition) is 3. The maximum absolute atomic E-state index is 10.3. The van der Waals surface area contributed by atoms with Gasteiger partial charge in [-0.05, 0) is 0 Å². The van der Waals surface area contributed by atoms with Gasteiger partial charge in [0, 0.05) is 0 Å². The summed E-state index contributed by atoms with van der Waals surface area (Å²) in [6, 6.07) is 2.45. The van der Waals surface area contributed by atoms with Crippen LogP contribution in [0, 0.1) is 10.1 Å². The fourth-order valence-electron chi connectivity index (χ4n) is 0.712. The third-order valence-corrected chi connectivity index (χ3v) is 3.34. The number of hydrogen-bond donors (Lipinski definition) is 1. The monoisotopic (exact) mass is 249 g/mol. The second-order valence-electron chi connectivity index (χ2n) is 2.09. The van der Waals surface area contributed by atoms with E-state index in [0.717, 1.165) is 16.9 Å². The number of aromatic hydroxyl groups is 1. The number of halogens is 1. The molecule has 0 aliphatic carbocycles. The van der Waals surface area contributed by atoms with E-state index in [1.807, 2.05) is 0 Å². The van der Waals surface area contributed by atoms with Gasteiger partial charge in [-0.25, -0.2) is 0 Å². The van der Waals surface area contributed by atoms with Crippen LogP contribution in [0.15, 0.2) is 12.1 Å². The molecule has 4 nitrogen and oxygen atoms in total. The molecular weight excluding hydrogens is 244 g/mol. The van der Waals surface area contributed by atoms with E-state index in [-0.39, 0.29) is 16.5 Å². The van der Waals surface area contributed by atoms with Crippen molar-refractivity contribution in [3.05, 3.63) is 27.3 Å². The van der Waals surface area contributed by atoms with Crippen molar-refractivity contribution in [2.45, 2.75) is 0 Å². The van der Waals surface area contributed by atoms with E-state index in [4.69, 9.17) is 16.7 Å². The Kier molecular flexibility index (Phi) is 2.60. The van der Waals surface area contributed by atoms with Crippen LogP contribution in [0.3, 0.4) is 0 Å². The Hall–Kier alpha value is -0.732. The van der Waals surface area contributed by atoms with Crippen LogP contribution < -0.4 is 4.35 Å². The van der Waals surface area contributed by atoms with E-state index >= 15 is 0 Å². The van der Waals surface area contributed by atoms with E-state index in [0.29, 0.717) is 4.35 Å². The first-order valence-electron chi connectivity index (χ1n) is 2.95. The van der Waals surface area contributed by atoms with Crippen molar-refractivity contribution in [3.63, 3.8) is 0 Å². The van der Waals surface area contributed by atoms with Crippen LogP contribution in [-0.2, 0) is 0 Å². The molecule has 1 N–H and O–H groups in total. The Morgan fingerprint density at radius 1 is 1.58 bits per heavy atom. The second-order valence-corrected chi connectivity index (χ2v) is 3.68. The predicted octanol–water partition coefficient (Wildman–Crippen LogP) is 0.212. The van der Waals surface area contributed by atoms with Gasteiger partial charge in [0.25, 0.3) is 0 Å². The average molecular weight is 249 g/mol. The first kappa shape index (κ1) is 9.36. The molecule has 0 spiro atoms. The molecule has 0 amide bonds. The summed E-state index contributed by atoms with van der Waals surface area (Å²) in [6.45, 7) is 0. The Labute approximate surface area is 81.8 Å². The Morgan fingerprint density at radius 2 is 2.17 bits per heavy atom. The van der Waals surface area contributed by atoms with Crippen molar-refractivity contribution in [1.82, 2.24) is 0 Å². The molecule has 0 fully saturated rings. The first-order chi connectivity index (χ1) is 5.54. The summed E-state index contributed by atoms with van der Waals surface area (Å²) in [7, 11) is 0. The van der Waals surface area contributed by atoms with Crippen molar-refractivity contribution in [2.75, 3.05) is 0 Å². The number of rotatable bonds is 1. The number of benzene rings is 1. The summed E-state index contributed by atoms with van der Waals surface area (Å²) in [5.74, 6) is -0.00870. The normalized spacial score (nSPS) is 9.83. The quantitative estimate of drug-likeness (QED) is 0.440. The molecule has 0 bridgehead atoms. The summed E-state index contributed by atoms with van der Waals surface area (Å²) in [5.41, 5.74) is -0.172. The van der Waals surface area contributed by atoms with Crippen LogP contribution in [0.25, 0.3) is 0 Å². The van der Waals surface area contributed by atoms with E-state index in [2.05, 4.69) is 0 Å². The molecule has 0 aliphatic heterocycles. The third-order valence-electron chi connectivity index (χ3n) is 1.33.